The normalized spacial score (nSPS) is 18.3. The number of carbonyl (C=O) groups excluding carboxylic acids is 2. The Morgan fingerprint density at radius 1 is 0.750 bits per heavy atom. The first-order valence-corrected chi connectivity index (χ1v) is 11.5. The summed E-state index contributed by atoms with van der Waals surface area (Å²) in [4.78, 5) is 25.0. The third-order valence-corrected chi connectivity index (χ3v) is 6.14. The molecule has 0 heterocycles. The van der Waals surface area contributed by atoms with Crippen LogP contribution in [0.25, 0.3) is 12.2 Å². The zero-order valence-electron chi connectivity index (χ0n) is 18.4. The minimum absolute atomic E-state index is 0.0484. The number of nitrogens with zero attached hydrogens (tertiary/aromatic N) is 2. The molecule has 32 heavy (non-hydrogen) atoms. The summed E-state index contributed by atoms with van der Waals surface area (Å²) in [6.07, 6.45) is 13.7. The molecule has 3 rings (SSSR count). The summed E-state index contributed by atoms with van der Waals surface area (Å²) in [6, 6.07) is 11.4. The van der Waals surface area contributed by atoms with Gasteiger partial charge in [-0.25, -0.2) is 0 Å². The van der Waals surface area contributed by atoms with Crippen LogP contribution in [-0.4, -0.2) is 23.9 Å². The van der Waals surface area contributed by atoms with Crippen LogP contribution < -0.4 is 10.6 Å². The fourth-order valence-corrected chi connectivity index (χ4v) is 4.39. The van der Waals surface area contributed by atoms with Crippen molar-refractivity contribution in [2.45, 2.75) is 76.3 Å². The number of hydrogen-bond donors (Lipinski definition) is 2. The molecule has 1 aromatic rings. The summed E-state index contributed by atoms with van der Waals surface area (Å²) in [5.74, 6) is -0.713. The molecule has 2 aliphatic rings. The van der Waals surface area contributed by atoms with Crippen LogP contribution in [0.3, 0.4) is 0 Å². The molecule has 6 nitrogen and oxygen atoms in total. The Kier molecular flexibility index (Phi) is 8.63. The van der Waals surface area contributed by atoms with Crippen molar-refractivity contribution in [3.05, 3.63) is 46.5 Å². The molecule has 0 atom stereocenters. The van der Waals surface area contributed by atoms with E-state index in [9.17, 15) is 20.1 Å². The van der Waals surface area contributed by atoms with E-state index in [0.29, 0.717) is 11.1 Å². The molecule has 0 spiro atoms. The van der Waals surface area contributed by atoms with Crippen LogP contribution >= 0.6 is 0 Å². The Morgan fingerprint density at radius 2 is 1.16 bits per heavy atom. The monoisotopic (exact) mass is 430 g/mol. The van der Waals surface area contributed by atoms with Crippen molar-refractivity contribution < 1.29 is 9.59 Å². The van der Waals surface area contributed by atoms with Crippen LogP contribution in [0.2, 0.25) is 0 Å². The number of nitrogens with one attached hydrogen (secondary N) is 2. The number of rotatable bonds is 6. The van der Waals surface area contributed by atoms with E-state index in [0.717, 1.165) is 51.4 Å². The number of carbonyl (C=O) groups is 2. The molecule has 0 aromatic heterocycles. The third-order valence-electron chi connectivity index (χ3n) is 6.14. The highest BCUT2D eigenvalue weighted by Crippen LogP contribution is 2.20. The fourth-order valence-electron chi connectivity index (χ4n) is 4.39. The van der Waals surface area contributed by atoms with Gasteiger partial charge < -0.3 is 10.6 Å². The summed E-state index contributed by atoms with van der Waals surface area (Å²) < 4.78 is 0. The van der Waals surface area contributed by atoms with E-state index in [1.54, 1.807) is 36.4 Å². The molecule has 6 heteroatoms. The smallest absolute Gasteiger partial charge is 0.262 e. The average molecular weight is 431 g/mol. The summed E-state index contributed by atoms with van der Waals surface area (Å²) in [5, 5.41) is 24.9. The Labute approximate surface area is 190 Å². The van der Waals surface area contributed by atoms with Gasteiger partial charge in [0.05, 0.1) is 0 Å². The maximum atomic E-state index is 12.5. The van der Waals surface area contributed by atoms with Gasteiger partial charge >= 0.3 is 0 Å². The first-order chi connectivity index (χ1) is 15.6. The van der Waals surface area contributed by atoms with Crippen molar-refractivity contribution in [3.8, 4) is 12.1 Å². The minimum atomic E-state index is -0.357. The van der Waals surface area contributed by atoms with E-state index in [4.69, 9.17) is 0 Å². The molecule has 0 unspecified atom stereocenters. The van der Waals surface area contributed by atoms with Gasteiger partial charge in [-0.15, -0.1) is 0 Å². The second-order valence-electron chi connectivity index (χ2n) is 8.63. The van der Waals surface area contributed by atoms with Gasteiger partial charge in [-0.1, -0.05) is 56.7 Å². The molecular formula is C26H30N4O2. The molecular weight excluding hydrogens is 400 g/mol. The lowest BCUT2D eigenvalue weighted by Crippen LogP contribution is -2.36. The van der Waals surface area contributed by atoms with E-state index >= 15 is 0 Å². The molecule has 0 bridgehead atoms. The molecule has 2 aliphatic carbocycles. The summed E-state index contributed by atoms with van der Waals surface area (Å²) in [5.41, 5.74) is 1.43. The second kappa shape index (κ2) is 11.9. The lowest BCUT2D eigenvalue weighted by molar-refractivity contribution is -0.118. The van der Waals surface area contributed by atoms with Gasteiger partial charge in [-0.05, 0) is 55.0 Å². The van der Waals surface area contributed by atoms with Crippen molar-refractivity contribution in [2.75, 3.05) is 0 Å². The average Bonchev–Trinajstić information content (AvgIpc) is 2.82. The van der Waals surface area contributed by atoms with Crippen molar-refractivity contribution in [1.82, 2.24) is 10.6 Å². The van der Waals surface area contributed by atoms with Gasteiger partial charge in [-0.3, -0.25) is 9.59 Å². The van der Waals surface area contributed by atoms with Crippen LogP contribution in [0.4, 0.5) is 0 Å². The summed E-state index contributed by atoms with van der Waals surface area (Å²) in [7, 11) is 0. The van der Waals surface area contributed by atoms with Gasteiger partial charge in [0.15, 0.2) is 0 Å². The van der Waals surface area contributed by atoms with E-state index in [2.05, 4.69) is 10.6 Å². The highest BCUT2D eigenvalue weighted by molar-refractivity contribution is 6.03. The molecule has 2 saturated carbocycles. The standard InChI is InChI=1S/C26H30N4O2/c27-17-21(25(31)29-23-10-3-1-4-11-23)15-19-8-7-9-20(14-19)16-22(18-28)26(32)30-24-12-5-2-6-13-24/h7-9,14-16,23-24H,1-6,10-13H2,(H,29,31)(H,30,32). The second-order valence-corrected chi connectivity index (χ2v) is 8.63. The van der Waals surface area contributed by atoms with Gasteiger partial charge in [0.2, 0.25) is 0 Å². The van der Waals surface area contributed by atoms with Crippen LogP contribution in [-0.2, 0) is 9.59 Å². The van der Waals surface area contributed by atoms with Crippen molar-refractivity contribution >= 4 is 24.0 Å². The van der Waals surface area contributed by atoms with Crippen molar-refractivity contribution in [1.29, 1.82) is 10.5 Å². The lowest BCUT2D eigenvalue weighted by Gasteiger charge is -2.22. The maximum Gasteiger partial charge on any atom is 0.262 e. The van der Waals surface area contributed by atoms with E-state index in [1.807, 2.05) is 12.1 Å². The zero-order valence-corrected chi connectivity index (χ0v) is 18.4. The zero-order chi connectivity index (χ0) is 22.8. The molecule has 0 radical (unpaired) electrons. The summed E-state index contributed by atoms with van der Waals surface area (Å²) in [6.45, 7) is 0. The Morgan fingerprint density at radius 3 is 1.53 bits per heavy atom. The van der Waals surface area contributed by atoms with Crippen LogP contribution in [0, 0.1) is 22.7 Å². The van der Waals surface area contributed by atoms with Crippen LogP contribution in [0.5, 0.6) is 0 Å². The predicted molar refractivity (Wildman–Crippen MR) is 124 cm³/mol. The van der Waals surface area contributed by atoms with Crippen LogP contribution in [0.15, 0.2) is 35.4 Å². The Hall–Kier alpha value is -3.38. The van der Waals surface area contributed by atoms with Gasteiger partial charge in [0.1, 0.15) is 23.3 Å². The van der Waals surface area contributed by atoms with E-state index in [1.165, 1.54) is 12.8 Å². The Balaban J connectivity index is 1.70. The van der Waals surface area contributed by atoms with Crippen molar-refractivity contribution in [3.63, 3.8) is 0 Å². The SMILES string of the molecule is N#CC(=Cc1cccc(C=C(C#N)C(=O)NC2CCCCC2)c1)C(=O)NC1CCCCC1. The van der Waals surface area contributed by atoms with Gasteiger partial charge in [-0.2, -0.15) is 10.5 Å². The van der Waals surface area contributed by atoms with Gasteiger partial charge in [0, 0.05) is 12.1 Å². The third kappa shape index (κ3) is 6.82. The molecule has 2 fully saturated rings. The maximum absolute atomic E-state index is 12.5. The minimum Gasteiger partial charge on any atom is -0.349 e. The fraction of sp³-hybridized carbons (Fsp3) is 0.462. The molecule has 0 aliphatic heterocycles. The molecule has 2 amide bonds. The molecule has 2 N–H and O–H groups in total. The largest absolute Gasteiger partial charge is 0.349 e. The molecule has 1 aromatic carbocycles. The first-order valence-electron chi connectivity index (χ1n) is 11.5. The van der Waals surface area contributed by atoms with E-state index < -0.39 is 0 Å². The predicted octanol–water partition coefficient (Wildman–Crippen LogP) is 4.40. The number of benzene rings is 1. The van der Waals surface area contributed by atoms with Crippen molar-refractivity contribution in [2.24, 2.45) is 0 Å². The first kappa shape index (κ1) is 23.3. The summed E-state index contributed by atoms with van der Waals surface area (Å²) >= 11 is 0. The number of amides is 2. The highest BCUT2D eigenvalue weighted by atomic mass is 16.2. The number of hydrogen-bond acceptors (Lipinski definition) is 4. The quantitative estimate of drug-likeness (QED) is 0.515. The van der Waals surface area contributed by atoms with E-state index in [-0.39, 0.29) is 35.0 Å². The molecule has 0 saturated heterocycles. The number of nitriles is 2. The van der Waals surface area contributed by atoms with Crippen LogP contribution in [0.1, 0.15) is 75.3 Å². The Bertz CT molecular complexity index is 893. The molecule has 166 valence electrons. The lowest BCUT2D eigenvalue weighted by atomic mass is 9.95. The highest BCUT2D eigenvalue weighted by Gasteiger charge is 2.19. The van der Waals surface area contributed by atoms with Gasteiger partial charge in [0.25, 0.3) is 11.8 Å². The topological polar surface area (TPSA) is 106 Å².